The summed E-state index contributed by atoms with van der Waals surface area (Å²) in [7, 11) is 0. The maximum Gasteiger partial charge on any atom is 0.284 e. The number of phenolic OH excluding ortho intramolecular Hbond substituents is 1. The Morgan fingerprint density at radius 1 is 1.36 bits per heavy atom. The molecule has 0 saturated carbocycles. The first-order valence-electron chi connectivity index (χ1n) is 6.49. The Morgan fingerprint density at radius 3 is 2.77 bits per heavy atom. The average molecular weight is 305 g/mol. The monoisotopic (exact) mass is 305 g/mol. The average Bonchev–Trinajstić information content (AvgIpc) is 2.48. The third-order valence-electron chi connectivity index (χ3n) is 2.72. The van der Waals surface area contributed by atoms with Crippen molar-refractivity contribution in [2.45, 2.75) is 6.42 Å². The van der Waals surface area contributed by atoms with Crippen molar-refractivity contribution in [2.75, 3.05) is 24.2 Å². The minimum absolute atomic E-state index is 0.0425. The second-order valence-electron chi connectivity index (χ2n) is 4.36. The Morgan fingerprint density at radius 2 is 2.09 bits per heavy atom. The van der Waals surface area contributed by atoms with E-state index in [1.807, 2.05) is 0 Å². The van der Waals surface area contributed by atoms with Crippen LogP contribution in [0.4, 0.5) is 17.5 Å². The minimum atomic E-state index is -0.689. The number of nitrogens with one attached hydrogen (secondary N) is 2. The fourth-order valence-electron chi connectivity index (χ4n) is 1.70. The van der Waals surface area contributed by atoms with Crippen molar-refractivity contribution >= 4 is 17.5 Å². The van der Waals surface area contributed by atoms with Gasteiger partial charge < -0.3 is 20.9 Å². The molecule has 1 aromatic carbocycles. The van der Waals surface area contributed by atoms with Crippen molar-refractivity contribution in [1.82, 2.24) is 9.97 Å². The largest absolute Gasteiger partial charge is 0.508 e. The van der Waals surface area contributed by atoms with E-state index in [0.29, 0.717) is 25.3 Å². The zero-order valence-corrected chi connectivity index (χ0v) is 11.6. The first kappa shape index (κ1) is 15.3. The Balaban J connectivity index is 1.83. The summed E-state index contributed by atoms with van der Waals surface area (Å²) in [5.74, 6) is 0.744. The van der Waals surface area contributed by atoms with E-state index in [0.717, 1.165) is 0 Å². The zero-order chi connectivity index (χ0) is 15.9. The van der Waals surface area contributed by atoms with Crippen LogP contribution in [0.1, 0.15) is 6.42 Å². The van der Waals surface area contributed by atoms with Crippen LogP contribution < -0.4 is 21.3 Å². The van der Waals surface area contributed by atoms with E-state index < -0.39 is 5.56 Å². The number of nitrogens with two attached hydrogens (primary N) is 1. The number of aromatic amines is 1. The van der Waals surface area contributed by atoms with Crippen LogP contribution in [0.2, 0.25) is 0 Å². The number of rotatable bonds is 7. The molecule has 0 unspecified atom stereocenters. The van der Waals surface area contributed by atoms with Crippen molar-refractivity contribution in [3.63, 3.8) is 0 Å². The Bertz CT molecular complexity index is 699. The fraction of sp³-hybridized carbons (Fsp3) is 0.231. The summed E-state index contributed by atoms with van der Waals surface area (Å²) >= 11 is 0. The minimum Gasteiger partial charge on any atom is -0.508 e. The molecule has 1 aromatic heterocycles. The van der Waals surface area contributed by atoms with Crippen LogP contribution in [-0.2, 0) is 0 Å². The van der Waals surface area contributed by atoms with Crippen LogP contribution in [0.3, 0.4) is 0 Å². The summed E-state index contributed by atoms with van der Waals surface area (Å²) in [4.78, 5) is 28.1. The van der Waals surface area contributed by atoms with Gasteiger partial charge in [-0.1, -0.05) is 0 Å². The van der Waals surface area contributed by atoms with Gasteiger partial charge in [0.2, 0.25) is 11.6 Å². The third kappa shape index (κ3) is 3.95. The maximum absolute atomic E-state index is 11.4. The Kier molecular flexibility index (Phi) is 4.91. The number of ether oxygens (including phenoxy) is 1. The van der Waals surface area contributed by atoms with Gasteiger partial charge in [-0.05, 0) is 35.9 Å². The van der Waals surface area contributed by atoms with Crippen molar-refractivity contribution in [3.8, 4) is 11.5 Å². The molecular formula is C13H15N5O4. The van der Waals surface area contributed by atoms with Crippen LogP contribution in [0.25, 0.3) is 0 Å². The molecule has 22 heavy (non-hydrogen) atoms. The SMILES string of the molecule is Nc1nc(NCCCOc2ccc(O)cc2)c(N=O)c(=O)[nH]1. The predicted molar refractivity (Wildman–Crippen MR) is 81.4 cm³/mol. The molecule has 2 aromatic rings. The predicted octanol–water partition coefficient (Wildman–Crippen LogP) is 1.34. The fourth-order valence-corrected chi connectivity index (χ4v) is 1.70. The number of aromatic nitrogens is 2. The zero-order valence-electron chi connectivity index (χ0n) is 11.6. The van der Waals surface area contributed by atoms with Gasteiger partial charge in [0.05, 0.1) is 6.61 Å². The lowest BCUT2D eigenvalue weighted by Gasteiger charge is -2.08. The van der Waals surface area contributed by atoms with Gasteiger partial charge in [-0.25, -0.2) is 0 Å². The van der Waals surface area contributed by atoms with Crippen molar-refractivity contribution in [3.05, 3.63) is 39.5 Å². The molecule has 116 valence electrons. The normalized spacial score (nSPS) is 10.2. The molecule has 0 aliphatic carbocycles. The molecule has 1 heterocycles. The number of nitrogen functional groups attached to an aromatic ring is 1. The topological polar surface area (TPSA) is 143 Å². The second-order valence-corrected chi connectivity index (χ2v) is 4.36. The second kappa shape index (κ2) is 7.07. The van der Waals surface area contributed by atoms with Crippen LogP contribution in [0.5, 0.6) is 11.5 Å². The molecule has 0 aliphatic rings. The lowest BCUT2D eigenvalue weighted by Crippen LogP contribution is -2.15. The number of hydrogen-bond donors (Lipinski definition) is 4. The molecule has 9 nitrogen and oxygen atoms in total. The van der Waals surface area contributed by atoms with Crippen molar-refractivity contribution in [2.24, 2.45) is 5.18 Å². The van der Waals surface area contributed by atoms with Crippen LogP contribution in [0, 0.1) is 4.91 Å². The van der Waals surface area contributed by atoms with Crippen LogP contribution in [-0.4, -0.2) is 28.2 Å². The van der Waals surface area contributed by atoms with E-state index in [4.69, 9.17) is 15.6 Å². The molecule has 0 atom stereocenters. The van der Waals surface area contributed by atoms with Gasteiger partial charge in [0, 0.05) is 6.54 Å². The number of hydrogen-bond acceptors (Lipinski definition) is 8. The van der Waals surface area contributed by atoms with Crippen molar-refractivity contribution < 1.29 is 9.84 Å². The summed E-state index contributed by atoms with van der Waals surface area (Å²) in [6.45, 7) is 0.816. The lowest BCUT2D eigenvalue weighted by molar-refractivity contribution is 0.314. The number of anilines is 2. The molecule has 9 heteroatoms. The number of nitrogens with zero attached hydrogens (tertiary/aromatic N) is 2. The molecule has 0 amide bonds. The molecule has 0 aliphatic heterocycles. The first-order chi connectivity index (χ1) is 10.6. The van der Waals surface area contributed by atoms with Gasteiger partial charge in [-0.3, -0.25) is 9.78 Å². The molecule has 0 bridgehead atoms. The van der Waals surface area contributed by atoms with Crippen molar-refractivity contribution in [1.29, 1.82) is 0 Å². The van der Waals surface area contributed by atoms with Crippen LogP contribution in [0.15, 0.2) is 34.2 Å². The van der Waals surface area contributed by atoms with Gasteiger partial charge in [0.15, 0.2) is 5.82 Å². The summed E-state index contributed by atoms with van der Waals surface area (Å²) in [5, 5.41) is 14.6. The lowest BCUT2D eigenvalue weighted by atomic mass is 10.3. The number of benzene rings is 1. The number of phenols is 1. The summed E-state index contributed by atoms with van der Waals surface area (Å²) < 4.78 is 5.45. The quantitative estimate of drug-likeness (QED) is 0.446. The van der Waals surface area contributed by atoms with Gasteiger partial charge >= 0.3 is 0 Å². The highest BCUT2D eigenvalue weighted by atomic mass is 16.5. The molecular weight excluding hydrogens is 290 g/mol. The first-order valence-corrected chi connectivity index (χ1v) is 6.49. The standard InChI is InChI=1S/C13H15N5O4/c14-13-16-11(10(18-21)12(20)17-13)15-6-1-7-22-9-4-2-8(19)3-5-9/h2-5,19H,1,6-7H2,(H4,14,15,16,17,20). The molecule has 0 saturated heterocycles. The Hall–Kier alpha value is -3.10. The summed E-state index contributed by atoms with van der Waals surface area (Å²) in [6, 6.07) is 6.35. The molecule has 5 N–H and O–H groups in total. The number of nitroso groups, excluding NO2 is 1. The number of H-pyrrole nitrogens is 1. The van der Waals surface area contributed by atoms with E-state index in [9.17, 15) is 9.70 Å². The van der Waals surface area contributed by atoms with Gasteiger partial charge in [-0.2, -0.15) is 4.98 Å². The van der Waals surface area contributed by atoms with Gasteiger partial charge in [0.25, 0.3) is 5.56 Å². The van der Waals surface area contributed by atoms with E-state index in [-0.39, 0.29) is 23.2 Å². The highest BCUT2D eigenvalue weighted by Gasteiger charge is 2.10. The summed E-state index contributed by atoms with van der Waals surface area (Å²) in [5.41, 5.74) is 4.38. The highest BCUT2D eigenvalue weighted by molar-refractivity contribution is 5.60. The maximum atomic E-state index is 11.4. The van der Waals surface area contributed by atoms with Gasteiger partial charge in [-0.15, -0.1) is 4.91 Å². The third-order valence-corrected chi connectivity index (χ3v) is 2.72. The molecule has 0 spiro atoms. The summed E-state index contributed by atoms with van der Waals surface area (Å²) in [6.07, 6.45) is 0.591. The smallest absolute Gasteiger partial charge is 0.284 e. The van der Waals surface area contributed by atoms with E-state index >= 15 is 0 Å². The Labute approximate surface area is 125 Å². The van der Waals surface area contributed by atoms with E-state index in [2.05, 4.69) is 20.5 Å². The highest BCUT2D eigenvalue weighted by Crippen LogP contribution is 2.18. The molecule has 0 radical (unpaired) electrons. The van der Waals surface area contributed by atoms with E-state index in [1.54, 1.807) is 12.1 Å². The van der Waals surface area contributed by atoms with Gasteiger partial charge in [0.1, 0.15) is 11.5 Å². The van der Waals surface area contributed by atoms with Crippen LogP contribution >= 0.6 is 0 Å². The van der Waals surface area contributed by atoms with E-state index in [1.165, 1.54) is 12.1 Å². The number of aromatic hydroxyl groups is 1. The molecule has 0 fully saturated rings. The molecule has 2 rings (SSSR count).